The van der Waals surface area contributed by atoms with E-state index in [1.165, 1.54) is 19.2 Å². The zero-order valence-corrected chi connectivity index (χ0v) is 9.91. The van der Waals surface area contributed by atoms with Crippen LogP contribution < -0.4 is 0 Å². The molecular formula is C12H10ClFN2O. The van der Waals surface area contributed by atoms with Crippen LogP contribution in [0.4, 0.5) is 4.39 Å². The molecule has 0 N–H and O–H groups in total. The van der Waals surface area contributed by atoms with Crippen molar-refractivity contribution in [1.29, 1.82) is 0 Å². The quantitative estimate of drug-likeness (QED) is 0.788. The summed E-state index contributed by atoms with van der Waals surface area (Å²) >= 11 is 5.83. The van der Waals surface area contributed by atoms with Crippen LogP contribution in [-0.4, -0.2) is 15.6 Å². The van der Waals surface area contributed by atoms with Crippen LogP contribution in [-0.2, 0) is 6.54 Å². The summed E-state index contributed by atoms with van der Waals surface area (Å²) < 4.78 is 14.8. The Kier molecular flexibility index (Phi) is 3.24. The second-order valence-corrected chi connectivity index (χ2v) is 4.07. The van der Waals surface area contributed by atoms with E-state index < -0.39 is 5.82 Å². The number of rotatable bonds is 3. The molecule has 17 heavy (non-hydrogen) atoms. The lowest BCUT2D eigenvalue weighted by Gasteiger charge is -2.04. The summed E-state index contributed by atoms with van der Waals surface area (Å²) in [6.07, 6.45) is 3.10. The summed E-state index contributed by atoms with van der Waals surface area (Å²) in [6, 6.07) is 4.61. The van der Waals surface area contributed by atoms with Gasteiger partial charge in [0.25, 0.3) is 0 Å². The predicted molar refractivity (Wildman–Crippen MR) is 62.7 cm³/mol. The van der Waals surface area contributed by atoms with Gasteiger partial charge in [-0.1, -0.05) is 23.7 Å². The van der Waals surface area contributed by atoms with E-state index >= 15 is 0 Å². The molecular weight excluding hydrogens is 243 g/mol. The van der Waals surface area contributed by atoms with Gasteiger partial charge in [-0.2, -0.15) is 5.10 Å². The van der Waals surface area contributed by atoms with Crippen molar-refractivity contribution in [3.05, 3.63) is 52.6 Å². The summed E-state index contributed by atoms with van der Waals surface area (Å²) in [5.41, 5.74) is 1.15. The molecule has 0 aliphatic carbocycles. The fraction of sp³-hybridized carbons (Fsp3) is 0.167. The Balaban J connectivity index is 2.25. The number of carbonyl (C=O) groups is 1. The first-order chi connectivity index (χ1) is 8.08. The lowest BCUT2D eigenvalue weighted by molar-refractivity contribution is 0.101. The Morgan fingerprint density at radius 1 is 1.53 bits per heavy atom. The smallest absolute Gasteiger partial charge is 0.162 e. The average molecular weight is 253 g/mol. The van der Waals surface area contributed by atoms with Crippen LogP contribution in [0.1, 0.15) is 22.8 Å². The first-order valence-corrected chi connectivity index (χ1v) is 5.42. The van der Waals surface area contributed by atoms with Crippen molar-refractivity contribution in [1.82, 2.24) is 9.78 Å². The Labute approximate surface area is 103 Å². The number of hydrogen-bond acceptors (Lipinski definition) is 2. The summed E-state index contributed by atoms with van der Waals surface area (Å²) in [7, 11) is 0. The van der Waals surface area contributed by atoms with Crippen LogP contribution in [0.15, 0.2) is 30.6 Å². The van der Waals surface area contributed by atoms with E-state index in [1.807, 2.05) is 0 Å². The molecule has 0 aliphatic rings. The number of benzene rings is 1. The van der Waals surface area contributed by atoms with E-state index in [0.717, 1.165) is 0 Å². The maximum absolute atomic E-state index is 13.2. The van der Waals surface area contributed by atoms with E-state index in [9.17, 15) is 9.18 Å². The molecule has 0 unspecified atom stereocenters. The summed E-state index contributed by atoms with van der Waals surface area (Å²) in [5, 5.41) is 4.11. The van der Waals surface area contributed by atoms with Gasteiger partial charge in [-0.15, -0.1) is 0 Å². The second kappa shape index (κ2) is 4.67. The highest BCUT2D eigenvalue weighted by atomic mass is 35.5. The normalized spacial score (nSPS) is 10.5. The fourth-order valence-corrected chi connectivity index (χ4v) is 1.66. The van der Waals surface area contributed by atoms with Gasteiger partial charge in [-0.25, -0.2) is 4.39 Å². The third-order valence-electron chi connectivity index (χ3n) is 2.40. The number of aromatic nitrogens is 2. The molecule has 1 heterocycles. The van der Waals surface area contributed by atoms with E-state index in [4.69, 9.17) is 11.6 Å². The molecule has 5 heteroatoms. The molecule has 0 atom stereocenters. The number of Topliss-reactive ketones (excluding diaryl/α,β-unsaturated/α-hetero) is 1. The summed E-state index contributed by atoms with van der Waals surface area (Å²) in [5.74, 6) is -0.510. The monoisotopic (exact) mass is 252 g/mol. The molecule has 1 aromatic heterocycles. The first kappa shape index (κ1) is 11.8. The lowest BCUT2D eigenvalue weighted by Crippen LogP contribution is -2.01. The van der Waals surface area contributed by atoms with E-state index in [1.54, 1.807) is 23.0 Å². The zero-order chi connectivity index (χ0) is 12.4. The third-order valence-corrected chi connectivity index (χ3v) is 2.83. The standard InChI is InChI=1S/C12H10ClFN2O/c1-8(17)10-5-15-16(7-10)6-9-3-2-4-11(14)12(9)13/h2-5,7H,6H2,1H3. The van der Waals surface area contributed by atoms with Gasteiger partial charge in [0.1, 0.15) is 5.82 Å². The van der Waals surface area contributed by atoms with Crippen LogP contribution in [0.3, 0.4) is 0 Å². The van der Waals surface area contributed by atoms with Gasteiger partial charge in [0.2, 0.25) is 0 Å². The lowest BCUT2D eigenvalue weighted by atomic mass is 10.2. The Hall–Kier alpha value is -1.68. The van der Waals surface area contributed by atoms with Crippen molar-refractivity contribution < 1.29 is 9.18 Å². The minimum Gasteiger partial charge on any atom is -0.294 e. The number of nitrogens with zero attached hydrogens (tertiary/aromatic N) is 2. The molecule has 0 amide bonds. The minimum absolute atomic E-state index is 0.0541. The van der Waals surface area contributed by atoms with Crippen molar-refractivity contribution >= 4 is 17.4 Å². The highest BCUT2D eigenvalue weighted by Crippen LogP contribution is 2.20. The van der Waals surface area contributed by atoms with E-state index in [2.05, 4.69) is 5.10 Å². The van der Waals surface area contributed by atoms with Crippen molar-refractivity contribution in [2.45, 2.75) is 13.5 Å². The molecule has 1 aromatic carbocycles. The molecule has 0 saturated heterocycles. The first-order valence-electron chi connectivity index (χ1n) is 5.04. The van der Waals surface area contributed by atoms with Crippen LogP contribution in [0.25, 0.3) is 0 Å². The van der Waals surface area contributed by atoms with Gasteiger partial charge in [-0.3, -0.25) is 9.48 Å². The van der Waals surface area contributed by atoms with Crippen LogP contribution >= 0.6 is 11.6 Å². The molecule has 0 saturated carbocycles. The van der Waals surface area contributed by atoms with Gasteiger partial charge in [0.15, 0.2) is 5.78 Å². The molecule has 0 radical (unpaired) electrons. The fourth-order valence-electron chi connectivity index (χ4n) is 1.48. The van der Waals surface area contributed by atoms with E-state index in [0.29, 0.717) is 17.7 Å². The topological polar surface area (TPSA) is 34.9 Å². The van der Waals surface area contributed by atoms with Crippen molar-refractivity contribution in [2.75, 3.05) is 0 Å². The number of halogens is 2. The Morgan fingerprint density at radius 3 is 2.94 bits per heavy atom. The highest BCUT2D eigenvalue weighted by Gasteiger charge is 2.08. The minimum atomic E-state index is -0.455. The van der Waals surface area contributed by atoms with Gasteiger partial charge in [0.05, 0.1) is 23.3 Å². The Morgan fingerprint density at radius 2 is 2.29 bits per heavy atom. The van der Waals surface area contributed by atoms with Gasteiger partial charge in [-0.05, 0) is 18.6 Å². The molecule has 0 aliphatic heterocycles. The number of carbonyl (C=O) groups excluding carboxylic acids is 1. The van der Waals surface area contributed by atoms with Gasteiger partial charge >= 0.3 is 0 Å². The largest absolute Gasteiger partial charge is 0.294 e. The van der Waals surface area contributed by atoms with Crippen molar-refractivity contribution in [3.63, 3.8) is 0 Å². The zero-order valence-electron chi connectivity index (χ0n) is 9.15. The maximum atomic E-state index is 13.2. The molecule has 3 nitrogen and oxygen atoms in total. The SMILES string of the molecule is CC(=O)c1cnn(Cc2cccc(F)c2Cl)c1. The number of ketones is 1. The molecule has 0 bridgehead atoms. The van der Waals surface area contributed by atoms with Crippen molar-refractivity contribution in [2.24, 2.45) is 0 Å². The van der Waals surface area contributed by atoms with Crippen LogP contribution in [0.2, 0.25) is 5.02 Å². The third kappa shape index (κ3) is 2.53. The predicted octanol–water partition coefficient (Wildman–Crippen LogP) is 2.93. The summed E-state index contributed by atoms with van der Waals surface area (Å²) in [6.45, 7) is 1.81. The Bertz CT molecular complexity index is 565. The molecule has 2 rings (SSSR count). The number of hydrogen-bond donors (Lipinski definition) is 0. The van der Waals surface area contributed by atoms with Crippen LogP contribution in [0.5, 0.6) is 0 Å². The van der Waals surface area contributed by atoms with E-state index in [-0.39, 0.29) is 10.8 Å². The molecule has 2 aromatic rings. The average Bonchev–Trinajstić information content (AvgIpc) is 2.73. The molecule has 88 valence electrons. The molecule has 0 fully saturated rings. The second-order valence-electron chi connectivity index (χ2n) is 3.70. The summed E-state index contributed by atoms with van der Waals surface area (Å²) in [4.78, 5) is 11.1. The van der Waals surface area contributed by atoms with Gasteiger partial charge < -0.3 is 0 Å². The highest BCUT2D eigenvalue weighted by molar-refractivity contribution is 6.31. The molecule has 0 spiro atoms. The maximum Gasteiger partial charge on any atom is 0.162 e. The van der Waals surface area contributed by atoms with Gasteiger partial charge in [0, 0.05) is 6.20 Å². The van der Waals surface area contributed by atoms with Crippen molar-refractivity contribution in [3.8, 4) is 0 Å². The van der Waals surface area contributed by atoms with Crippen LogP contribution in [0, 0.1) is 5.82 Å².